The van der Waals surface area contributed by atoms with Crippen LogP contribution in [0, 0.1) is 6.92 Å². The van der Waals surface area contributed by atoms with Gasteiger partial charge in [0.15, 0.2) is 0 Å². The summed E-state index contributed by atoms with van der Waals surface area (Å²) in [6.45, 7) is 3.42. The molecule has 0 aliphatic carbocycles. The van der Waals surface area contributed by atoms with Crippen LogP contribution >= 0.6 is 15.9 Å². The van der Waals surface area contributed by atoms with Crippen molar-refractivity contribution in [3.8, 4) is 0 Å². The summed E-state index contributed by atoms with van der Waals surface area (Å²) in [6.07, 6.45) is 2.54. The van der Waals surface area contributed by atoms with E-state index in [0.29, 0.717) is 6.04 Å². The summed E-state index contributed by atoms with van der Waals surface area (Å²) in [4.78, 5) is 2.35. The monoisotopic (exact) mass is 306 g/mol. The summed E-state index contributed by atoms with van der Waals surface area (Å²) >= 11 is 3.58. The van der Waals surface area contributed by atoms with E-state index in [-0.39, 0.29) is 0 Å². The van der Waals surface area contributed by atoms with Gasteiger partial charge in [0.2, 0.25) is 0 Å². The van der Waals surface area contributed by atoms with Crippen molar-refractivity contribution in [1.29, 1.82) is 0 Å². The van der Waals surface area contributed by atoms with Crippen molar-refractivity contribution in [3.05, 3.63) is 33.9 Å². The van der Waals surface area contributed by atoms with Gasteiger partial charge in [0.1, 0.15) is 0 Å². The Balaban J connectivity index is 2.30. The van der Waals surface area contributed by atoms with Gasteiger partial charge in [-0.1, -0.05) is 15.9 Å². The molecule has 1 aliphatic rings. The van der Waals surface area contributed by atoms with Gasteiger partial charge in [-0.3, -0.25) is 0 Å². The number of aromatic nitrogens is 1. The Morgan fingerprint density at radius 1 is 1.33 bits per heavy atom. The molecule has 3 rings (SSSR count). The highest BCUT2D eigenvalue weighted by molar-refractivity contribution is 9.10. The predicted octanol–water partition coefficient (Wildman–Crippen LogP) is 4.11. The maximum Gasteiger partial charge on any atom is 0.0498 e. The minimum Gasteiger partial charge on any atom is -0.343 e. The molecular weight excluding hydrogens is 288 g/mol. The van der Waals surface area contributed by atoms with Crippen LogP contribution in [0.4, 0.5) is 0 Å². The molecule has 3 heteroatoms. The fourth-order valence-corrected chi connectivity index (χ4v) is 3.63. The Morgan fingerprint density at radius 3 is 2.83 bits per heavy atom. The van der Waals surface area contributed by atoms with E-state index < -0.39 is 0 Å². The van der Waals surface area contributed by atoms with Crippen LogP contribution in [0.25, 0.3) is 10.9 Å². The van der Waals surface area contributed by atoms with E-state index in [1.807, 2.05) is 0 Å². The molecular formula is C15H19BrN2. The first-order chi connectivity index (χ1) is 8.59. The van der Waals surface area contributed by atoms with Crippen molar-refractivity contribution in [2.45, 2.75) is 32.4 Å². The number of aryl methyl sites for hydroxylation is 2. The molecule has 2 nitrogen and oxygen atoms in total. The largest absolute Gasteiger partial charge is 0.343 e. The van der Waals surface area contributed by atoms with E-state index in [1.54, 1.807) is 0 Å². The second kappa shape index (κ2) is 4.39. The second-order valence-corrected chi connectivity index (χ2v) is 6.36. The molecule has 18 heavy (non-hydrogen) atoms. The fraction of sp³-hybridized carbons (Fsp3) is 0.467. The molecule has 0 fully saturated rings. The standard InChI is InChI=1S/C15H19BrN2/c1-10-12-9-11(16)6-7-13(12)18-8-4-5-14(15(10)18)17(2)3/h6-7,9,14H,4-5,8H2,1-3H3. The van der Waals surface area contributed by atoms with Crippen molar-refractivity contribution < 1.29 is 0 Å². The van der Waals surface area contributed by atoms with Crippen LogP contribution in [0.15, 0.2) is 22.7 Å². The number of fused-ring (bicyclic) bond motifs is 3. The van der Waals surface area contributed by atoms with Gasteiger partial charge in [-0.2, -0.15) is 0 Å². The lowest BCUT2D eigenvalue weighted by Crippen LogP contribution is -2.27. The van der Waals surface area contributed by atoms with Gasteiger partial charge in [0.05, 0.1) is 0 Å². The van der Waals surface area contributed by atoms with Crippen molar-refractivity contribution in [3.63, 3.8) is 0 Å². The minimum absolute atomic E-state index is 0.560. The average molecular weight is 307 g/mol. The van der Waals surface area contributed by atoms with Crippen molar-refractivity contribution in [2.75, 3.05) is 14.1 Å². The normalized spacial score (nSPS) is 19.5. The molecule has 2 aromatic rings. The summed E-state index contributed by atoms with van der Waals surface area (Å²) < 4.78 is 3.69. The molecule has 2 heterocycles. The van der Waals surface area contributed by atoms with Crippen LogP contribution in [0.2, 0.25) is 0 Å². The number of rotatable bonds is 1. The van der Waals surface area contributed by atoms with Crippen LogP contribution in [0.5, 0.6) is 0 Å². The molecule has 1 aromatic carbocycles. The van der Waals surface area contributed by atoms with Crippen molar-refractivity contribution in [1.82, 2.24) is 9.47 Å². The third-order valence-electron chi connectivity index (χ3n) is 4.13. The fourth-order valence-electron chi connectivity index (χ4n) is 3.27. The van der Waals surface area contributed by atoms with Gasteiger partial charge >= 0.3 is 0 Å². The molecule has 0 amide bonds. The van der Waals surface area contributed by atoms with Crippen LogP contribution in [-0.4, -0.2) is 23.6 Å². The van der Waals surface area contributed by atoms with Gasteiger partial charge in [-0.15, -0.1) is 0 Å². The Labute approximate surface area is 117 Å². The zero-order valence-electron chi connectivity index (χ0n) is 11.2. The van der Waals surface area contributed by atoms with Crippen LogP contribution < -0.4 is 0 Å². The molecule has 0 spiro atoms. The van der Waals surface area contributed by atoms with E-state index >= 15 is 0 Å². The topological polar surface area (TPSA) is 8.17 Å². The zero-order valence-corrected chi connectivity index (χ0v) is 12.8. The molecule has 96 valence electrons. The third kappa shape index (κ3) is 1.72. The first kappa shape index (κ1) is 12.2. The van der Waals surface area contributed by atoms with Gasteiger partial charge in [0, 0.05) is 33.7 Å². The first-order valence-corrected chi connectivity index (χ1v) is 7.33. The smallest absolute Gasteiger partial charge is 0.0498 e. The van der Waals surface area contributed by atoms with Gasteiger partial charge < -0.3 is 9.47 Å². The predicted molar refractivity (Wildman–Crippen MR) is 80.0 cm³/mol. The highest BCUT2D eigenvalue weighted by Crippen LogP contribution is 2.38. The summed E-state index contributed by atoms with van der Waals surface area (Å²) in [5.74, 6) is 0. The highest BCUT2D eigenvalue weighted by Gasteiger charge is 2.26. The Bertz CT molecular complexity index is 598. The number of nitrogens with zero attached hydrogens (tertiary/aromatic N) is 2. The van der Waals surface area contributed by atoms with E-state index in [0.717, 1.165) is 6.54 Å². The lowest BCUT2D eigenvalue weighted by molar-refractivity contribution is 0.244. The summed E-state index contributed by atoms with van der Waals surface area (Å²) in [6, 6.07) is 7.20. The summed E-state index contributed by atoms with van der Waals surface area (Å²) in [5, 5.41) is 1.40. The molecule has 0 saturated carbocycles. The quantitative estimate of drug-likeness (QED) is 0.770. The molecule has 1 aromatic heterocycles. The lowest BCUT2D eigenvalue weighted by atomic mass is 10.00. The molecule has 0 bridgehead atoms. The number of halogens is 1. The molecule has 0 radical (unpaired) electrons. The molecule has 1 unspecified atom stereocenters. The van der Waals surface area contributed by atoms with Gasteiger partial charge in [0.25, 0.3) is 0 Å². The van der Waals surface area contributed by atoms with E-state index in [1.165, 1.54) is 39.5 Å². The van der Waals surface area contributed by atoms with Crippen LogP contribution in [-0.2, 0) is 6.54 Å². The first-order valence-electron chi connectivity index (χ1n) is 6.54. The van der Waals surface area contributed by atoms with E-state index in [2.05, 4.69) is 64.6 Å². The third-order valence-corrected chi connectivity index (χ3v) is 4.62. The maximum atomic E-state index is 3.58. The Kier molecular flexibility index (Phi) is 2.99. The zero-order chi connectivity index (χ0) is 12.9. The van der Waals surface area contributed by atoms with E-state index in [4.69, 9.17) is 0 Å². The Morgan fingerprint density at radius 2 is 2.11 bits per heavy atom. The number of benzene rings is 1. The number of hydrogen-bond donors (Lipinski definition) is 0. The highest BCUT2D eigenvalue weighted by atomic mass is 79.9. The Hall–Kier alpha value is -0.800. The van der Waals surface area contributed by atoms with Gasteiger partial charge in [-0.25, -0.2) is 0 Å². The average Bonchev–Trinajstić information content (AvgIpc) is 2.63. The second-order valence-electron chi connectivity index (χ2n) is 5.44. The molecule has 0 saturated heterocycles. The van der Waals surface area contributed by atoms with Crippen LogP contribution in [0.3, 0.4) is 0 Å². The van der Waals surface area contributed by atoms with Crippen LogP contribution in [0.1, 0.15) is 30.1 Å². The maximum absolute atomic E-state index is 3.58. The lowest BCUT2D eigenvalue weighted by Gasteiger charge is -2.31. The van der Waals surface area contributed by atoms with Gasteiger partial charge in [-0.05, 0) is 57.6 Å². The summed E-state index contributed by atoms with van der Waals surface area (Å²) in [5.41, 5.74) is 4.35. The molecule has 0 N–H and O–H groups in total. The summed E-state index contributed by atoms with van der Waals surface area (Å²) in [7, 11) is 4.38. The molecule has 1 atom stereocenters. The SMILES string of the molecule is Cc1c2n(c3ccc(Br)cc13)CCCC2N(C)C. The van der Waals surface area contributed by atoms with Crippen molar-refractivity contribution in [2.24, 2.45) is 0 Å². The minimum atomic E-state index is 0.560. The van der Waals surface area contributed by atoms with Crippen molar-refractivity contribution >= 4 is 26.8 Å². The van der Waals surface area contributed by atoms with E-state index in [9.17, 15) is 0 Å². The number of hydrogen-bond acceptors (Lipinski definition) is 1. The molecule has 1 aliphatic heterocycles.